The molecule has 1 saturated heterocycles. The predicted molar refractivity (Wildman–Crippen MR) is 139 cm³/mol. The largest absolute Gasteiger partial charge is 0.481 e. The van der Waals surface area contributed by atoms with Crippen molar-refractivity contribution in [2.75, 3.05) is 13.2 Å². The van der Waals surface area contributed by atoms with Crippen molar-refractivity contribution in [2.24, 2.45) is 46.8 Å². The first-order valence-electron chi connectivity index (χ1n) is 15.1. The molecule has 5 saturated carbocycles. The normalized spacial score (nSPS) is 45.1. The number of carboxylic acids is 1. The quantitative estimate of drug-likeness (QED) is 0.400. The van der Waals surface area contributed by atoms with Crippen LogP contribution in [0.1, 0.15) is 97.8 Å². The van der Waals surface area contributed by atoms with Crippen LogP contribution in [0.2, 0.25) is 0 Å². The fraction of sp³-hybridized carbons (Fsp3) is 0.933. The predicted octanol–water partition coefficient (Wildman–Crippen LogP) is 4.75. The topological polar surface area (TPSA) is 105 Å². The van der Waals surface area contributed by atoms with Gasteiger partial charge in [-0.3, -0.25) is 9.59 Å². The molecule has 5 aliphatic carbocycles. The van der Waals surface area contributed by atoms with E-state index in [4.69, 9.17) is 9.47 Å². The Morgan fingerprint density at radius 2 is 1.73 bits per heavy atom. The molecule has 0 spiro atoms. The van der Waals surface area contributed by atoms with Gasteiger partial charge in [-0.2, -0.15) is 0 Å². The zero-order valence-corrected chi connectivity index (χ0v) is 23.1. The number of nitrogens with one attached hydrogen (secondary N) is 1. The summed E-state index contributed by atoms with van der Waals surface area (Å²) in [4.78, 5) is 24.5. The monoisotopic (exact) mass is 519 g/mol. The van der Waals surface area contributed by atoms with E-state index in [1.165, 1.54) is 12.8 Å². The van der Waals surface area contributed by atoms with Gasteiger partial charge in [0.2, 0.25) is 5.91 Å². The second-order valence-corrected chi connectivity index (χ2v) is 13.8. The third kappa shape index (κ3) is 5.47. The number of fused-ring (bicyclic) bond motifs is 2. The molecule has 2 unspecified atom stereocenters. The molecule has 3 N–H and O–H groups in total. The summed E-state index contributed by atoms with van der Waals surface area (Å²) in [7, 11) is 0. The van der Waals surface area contributed by atoms with Crippen molar-refractivity contribution >= 4 is 11.9 Å². The first-order chi connectivity index (χ1) is 17.6. The lowest BCUT2D eigenvalue weighted by molar-refractivity contribution is -0.166. The Bertz CT molecular complexity index is 832. The minimum atomic E-state index is -0.754. The fourth-order valence-electron chi connectivity index (χ4n) is 8.84. The molecular formula is C30H49NO6. The van der Waals surface area contributed by atoms with Crippen LogP contribution in [-0.2, 0) is 19.1 Å². The highest BCUT2D eigenvalue weighted by Gasteiger charge is 2.65. The van der Waals surface area contributed by atoms with Crippen molar-refractivity contribution in [1.82, 2.24) is 5.32 Å². The summed E-state index contributed by atoms with van der Waals surface area (Å²) >= 11 is 0. The first kappa shape index (κ1) is 27.4. The maximum Gasteiger partial charge on any atom is 0.309 e. The second-order valence-electron chi connectivity index (χ2n) is 13.8. The zero-order chi connectivity index (χ0) is 26.4. The van der Waals surface area contributed by atoms with Gasteiger partial charge in [0.1, 0.15) is 0 Å². The molecule has 7 nitrogen and oxygen atoms in total. The van der Waals surface area contributed by atoms with Crippen LogP contribution >= 0.6 is 0 Å². The van der Waals surface area contributed by atoms with Crippen LogP contribution in [-0.4, -0.2) is 53.2 Å². The minimum Gasteiger partial charge on any atom is -0.481 e. The molecule has 7 atom stereocenters. The van der Waals surface area contributed by atoms with E-state index in [0.29, 0.717) is 55.6 Å². The zero-order valence-electron chi connectivity index (χ0n) is 23.1. The van der Waals surface area contributed by atoms with E-state index in [1.54, 1.807) is 0 Å². The van der Waals surface area contributed by atoms with Gasteiger partial charge in [-0.1, -0.05) is 20.3 Å². The molecule has 0 radical (unpaired) electrons. The van der Waals surface area contributed by atoms with E-state index in [0.717, 1.165) is 57.5 Å². The number of aliphatic carboxylic acids is 1. The van der Waals surface area contributed by atoms with Gasteiger partial charge < -0.3 is 25.0 Å². The van der Waals surface area contributed by atoms with Crippen molar-refractivity contribution < 1.29 is 29.3 Å². The summed E-state index contributed by atoms with van der Waals surface area (Å²) in [6, 6.07) is 0. The van der Waals surface area contributed by atoms with E-state index in [2.05, 4.69) is 26.1 Å². The van der Waals surface area contributed by atoms with Gasteiger partial charge in [0, 0.05) is 17.4 Å². The van der Waals surface area contributed by atoms with Crippen molar-refractivity contribution in [3.63, 3.8) is 0 Å². The summed E-state index contributed by atoms with van der Waals surface area (Å²) in [6.07, 6.45) is 10.5. The van der Waals surface area contributed by atoms with Crippen molar-refractivity contribution in [3.8, 4) is 0 Å². The minimum absolute atomic E-state index is 0.00805. The van der Waals surface area contributed by atoms with Gasteiger partial charge in [-0.25, -0.2) is 0 Å². The summed E-state index contributed by atoms with van der Waals surface area (Å²) < 4.78 is 12.2. The molecule has 6 aliphatic rings. The lowest BCUT2D eigenvalue weighted by Crippen LogP contribution is -2.59. The van der Waals surface area contributed by atoms with Gasteiger partial charge in [0.05, 0.1) is 24.7 Å². The van der Waals surface area contributed by atoms with Crippen molar-refractivity contribution in [1.29, 1.82) is 0 Å². The molecule has 0 aromatic rings. The van der Waals surface area contributed by atoms with Gasteiger partial charge in [0.15, 0.2) is 6.29 Å². The Balaban J connectivity index is 1.05. The lowest BCUT2D eigenvalue weighted by Gasteiger charge is -2.46. The number of aliphatic hydroxyl groups excluding tert-OH is 1. The van der Waals surface area contributed by atoms with Crippen LogP contribution in [0.4, 0.5) is 0 Å². The Labute approximate surface area is 222 Å². The highest BCUT2D eigenvalue weighted by molar-refractivity contribution is 5.82. The Morgan fingerprint density at radius 1 is 1.00 bits per heavy atom. The van der Waals surface area contributed by atoms with Crippen molar-refractivity contribution in [3.05, 3.63) is 0 Å². The van der Waals surface area contributed by atoms with Crippen LogP contribution in [0, 0.1) is 46.8 Å². The number of carboxylic acid groups (broad SMARTS) is 1. The molecular weight excluding hydrogens is 470 g/mol. The standard InChI is InChI=1S/C30H49NO6/c1-18-4-10-24(25-15-36-19(2)5-11-23(18)25)20(3)27(33)37-14-21-6-8-22(9-7-21)26(32)31-30-13-12-29(16-30,17-30)28(34)35/h18-25,27,33H,4-17H2,1-3H3,(H,31,32)(H,34,35)/t18-,19?,20-,21?,22?,23+,24+,25?,27-,29?,30?/m1/s1. The maximum absolute atomic E-state index is 12.9. The molecule has 1 aliphatic heterocycles. The molecule has 1 amide bonds. The van der Waals surface area contributed by atoms with E-state index in [1.807, 2.05) is 0 Å². The third-order valence-electron chi connectivity index (χ3n) is 11.4. The summed E-state index contributed by atoms with van der Waals surface area (Å²) in [6.45, 7) is 8.08. The van der Waals surface area contributed by atoms with E-state index in [9.17, 15) is 19.8 Å². The number of aliphatic hydroxyl groups is 1. The molecule has 6 fully saturated rings. The van der Waals surface area contributed by atoms with Gasteiger partial charge in [0.25, 0.3) is 0 Å². The SMILES string of the molecule is CC1CC[C@@H]2C(CO1)[C@H]([C@@H](C)[C@H](O)OCC1CCC(C(=O)NC34CCC(C(=O)O)(C3)C4)CC1)CC[C@H]2C. The fourth-order valence-corrected chi connectivity index (χ4v) is 8.84. The van der Waals surface area contributed by atoms with Crippen LogP contribution < -0.4 is 5.32 Å². The molecule has 0 aromatic carbocycles. The summed E-state index contributed by atoms with van der Waals surface area (Å²) in [5.41, 5.74) is -0.856. The highest BCUT2D eigenvalue weighted by atomic mass is 16.6. The lowest BCUT2D eigenvalue weighted by atomic mass is 9.62. The molecule has 0 aromatic heterocycles. The van der Waals surface area contributed by atoms with E-state index in [-0.39, 0.29) is 23.3 Å². The highest BCUT2D eigenvalue weighted by Crippen LogP contribution is 2.61. The molecule has 37 heavy (non-hydrogen) atoms. The van der Waals surface area contributed by atoms with E-state index < -0.39 is 17.7 Å². The second kappa shape index (κ2) is 10.8. The van der Waals surface area contributed by atoms with Crippen LogP contribution in [0.25, 0.3) is 0 Å². The van der Waals surface area contributed by atoms with Gasteiger partial charge >= 0.3 is 5.97 Å². The molecule has 6 rings (SSSR count). The van der Waals surface area contributed by atoms with Crippen LogP contribution in [0.15, 0.2) is 0 Å². The number of hydrogen-bond donors (Lipinski definition) is 3. The number of ether oxygens (including phenoxy) is 2. The van der Waals surface area contributed by atoms with Crippen LogP contribution in [0.3, 0.4) is 0 Å². The van der Waals surface area contributed by atoms with E-state index >= 15 is 0 Å². The molecule has 210 valence electrons. The number of hydrogen-bond acceptors (Lipinski definition) is 5. The average Bonchev–Trinajstić information content (AvgIpc) is 3.35. The third-order valence-corrected chi connectivity index (χ3v) is 11.4. The molecule has 1 heterocycles. The smallest absolute Gasteiger partial charge is 0.309 e. The Kier molecular flexibility index (Phi) is 7.97. The Hall–Kier alpha value is -1.18. The number of carbonyl (C=O) groups is 2. The maximum atomic E-state index is 12.9. The number of carbonyl (C=O) groups excluding carboxylic acids is 1. The number of amides is 1. The van der Waals surface area contributed by atoms with Crippen LogP contribution in [0.5, 0.6) is 0 Å². The molecule has 2 bridgehead atoms. The Morgan fingerprint density at radius 3 is 2.41 bits per heavy atom. The molecule has 7 heteroatoms. The number of rotatable bonds is 8. The summed E-state index contributed by atoms with van der Waals surface area (Å²) in [5.74, 6) is 2.22. The average molecular weight is 520 g/mol. The van der Waals surface area contributed by atoms with Crippen molar-refractivity contribution in [2.45, 2.75) is 116 Å². The van der Waals surface area contributed by atoms with Gasteiger partial charge in [-0.05, 0) is 107 Å². The first-order valence-corrected chi connectivity index (χ1v) is 15.1. The summed E-state index contributed by atoms with van der Waals surface area (Å²) in [5, 5.41) is 23.7. The van der Waals surface area contributed by atoms with Gasteiger partial charge in [-0.15, -0.1) is 0 Å².